The lowest BCUT2D eigenvalue weighted by Crippen LogP contribution is -2.36. The molecule has 6 aromatic carbocycles. The molecule has 0 radical (unpaired) electrons. The molecule has 9 aromatic rings. The van der Waals surface area contributed by atoms with Gasteiger partial charge in [0.15, 0.2) is 0 Å². The summed E-state index contributed by atoms with van der Waals surface area (Å²) in [4.78, 5) is 0. The molecule has 0 aliphatic heterocycles. The lowest BCUT2D eigenvalue weighted by molar-refractivity contribution is 0.649. The van der Waals surface area contributed by atoms with E-state index < -0.39 is 0 Å². The number of hydrogen-bond acceptors (Lipinski definition) is 1. The Labute approximate surface area is 265 Å². The molecule has 1 unspecified atom stereocenters. The van der Waals surface area contributed by atoms with Crippen molar-refractivity contribution >= 4 is 66.8 Å². The van der Waals surface area contributed by atoms with E-state index in [-0.39, 0.29) is 5.41 Å². The molecular formula is C43H30N2O. The van der Waals surface area contributed by atoms with Crippen LogP contribution in [-0.4, -0.2) is 9.13 Å². The Balaban J connectivity index is 1.16. The van der Waals surface area contributed by atoms with Crippen molar-refractivity contribution in [2.75, 3.05) is 0 Å². The van der Waals surface area contributed by atoms with Crippen molar-refractivity contribution in [3.8, 4) is 11.4 Å². The molecule has 0 spiro atoms. The first-order chi connectivity index (χ1) is 22.7. The molecule has 1 atom stereocenters. The highest BCUT2D eigenvalue weighted by Gasteiger charge is 2.28. The maximum Gasteiger partial charge on any atom is 0.135 e. The van der Waals surface area contributed by atoms with E-state index in [0.717, 1.165) is 34.0 Å². The van der Waals surface area contributed by atoms with Gasteiger partial charge in [-0.1, -0.05) is 97.9 Å². The lowest BCUT2D eigenvalue weighted by atomic mass is 9.76. The highest BCUT2D eigenvalue weighted by Crippen LogP contribution is 2.39. The molecule has 0 fully saturated rings. The highest BCUT2D eigenvalue weighted by molar-refractivity contribution is 6.10. The van der Waals surface area contributed by atoms with Crippen molar-refractivity contribution in [3.05, 3.63) is 156 Å². The third-order valence-electron chi connectivity index (χ3n) is 10.1. The summed E-state index contributed by atoms with van der Waals surface area (Å²) in [6, 6.07) is 50.2. The van der Waals surface area contributed by atoms with Crippen LogP contribution >= 0.6 is 0 Å². The number of aromatic nitrogens is 2. The van der Waals surface area contributed by atoms with Crippen LogP contribution in [0.4, 0.5) is 0 Å². The van der Waals surface area contributed by atoms with Gasteiger partial charge in [0.1, 0.15) is 11.2 Å². The van der Waals surface area contributed by atoms with Gasteiger partial charge in [0, 0.05) is 54.3 Å². The summed E-state index contributed by atoms with van der Waals surface area (Å²) in [7, 11) is 0. The van der Waals surface area contributed by atoms with Crippen molar-refractivity contribution < 1.29 is 4.42 Å². The number of furan rings is 1. The molecule has 3 heteroatoms. The first-order valence-electron chi connectivity index (χ1n) is 16.0. The molecule has 1 aliphatic carbocycles. The van der Waals surface area contributed by atoms with Crippen molar-refractivity contribution in [3.63, 3.8) is 0 Å². The summed E-state index contributed by atoms with van der Waals surface area (Å²) in [5.74, 6) is 0. The fourth-order valence-electron chi connectivity index (χ4n) is 7.84. The van der Waals surface area contributed by atoms with Crippen molar-refractivity contribution in [2.24, 2.45) is 0 Å². The number of nitrogens with zero attached hydrogens (tertiary/aromatic N) is 2. The number of fused-ring (bicyclic) bond motifs is 9. The Bertz CT molecular complexity index is 2740. The molecule has 3 heterocycles. The van der Waals surface area contributed by atoms with Crippen LogP contribution in [0.3, 0.4) is 0 Å². The molecule has 0 saturated carbocycles. The van der Waals surface area contributed by atoms with Crippen LogP contribution < -0.4 is 10.6 Å². The average Bonchev–Trinajstić information content (AvgIpc) is 3.75. The maximum atomic E-state index is 6.41. The van der Waals surface area contributed by atoms with Crippen LogP contribution in [0.15, 0.2) is 144 Å². The lowest BCUT2D eigenvalue weighted by Gasteiger charge is -2.27. The van der Waals surface area contributed by atoms with Crippen molar-refractivity contribution in [2.45, 2.75) is 18.8 Å². The van der Waals surface area contributed by atoms with Gasteiger partial charge in [0.25, 0.3) is 0 Å². The van der Waals surface area contributed by atoms with Crippen LogP contribution in [-0.2, 0) is 5.41 Å². The Morgan fingerprint density at radius 2 is 1.11 bits per heavy atom. The number of rotatable bonds is 3. The molecule has 3 nitrogen and oxygen atoms in total. The number of benzene rings is 6. The highest BCUT2D eigenvalue weighted by atomic mass is 16.3. The van der Waals surface area contributed by atoms with Gasteiger partial charge in [0.2, 0.25) is 0 Å². The molecule has 3 aromatic heterocycles. The minimum absolute atomic E-state index is 0.166. The fourth-order valence-corrected chi connectivity index (χ4v) is 7.84. The minimum atomic E-state index is -0.166. The van der Waals surface area contributed by atoms with E-state index in [1.54, 1.807) is 0 Å². The van der Waals surface area contributed by atoms with Crippen molar-refractivity contribution in [1.82, 2.24) is 9.13 Å². The van der Waals surface area contributed by atoms with E-state index in [2.05, 4.69) is 168 Å². The summed E-state index contributed by atoms with van der Waals surface area (Å²) in [5.41, 5.74) is 8.95. The van der Waals surface area contributed by atoms with E-state index in [9.17, 15) is 0 Å². The van der Waals surface area contributed by atoms with E-state index in [0.29, 0.717) is 0 Å². The number of hydrogen-bond donors (Lipinski definition) is 0. The molecule has 0 saturated heterocycles. The van der Waals surface area contributed by atoms with Crippen LogP contribution in [0.25, 0.3) is 78.2 Å². The van der Waals surface area contributed by atoms with Gasteiger partial charge in [-0.15, -0.1) is 0 Å². The molecular weight excluding hydrogens is 560 g/mol. The summed E-state index contributed by atoms with van der Waals surface area (Å²) in [6.07, 6.45) is 5.84. The first kappa shape index (κ1) is 25.5. The Morgan fingerprint density at radius 1 is 0.522 bits per heavy atom. The van der Waals surface area contributed by atoms with E-state index in [1.165, 1.54) is 54.5 Å². The smallest absolute Gasteiger partial charge is 0.135 e. The molecule has 218 valence electrons. The van der Waals surface area contributed by atoms with Crippen LogP contribution in [0, 0.1) is 0 Å². The topological polar surface area (TPSA) is 23.0 Å². The Hall–Kier alpha value is -5.80. The second-order valence-corrected chi connectivity index (χ2v) is 12.8. The predicted octanol–water partition coefficient (Wildman–Crippen LogP) is 9.55. The zero-order valence-electron chi connectivity index (χ0n) is 25.4. The maximum absolute atomic E-state index is 6.41. The molecule has 0 N–H and O–H groups in total. The molecule has 0 bridgehead atoms. The van der Waals surface area contributed by atoms with Gasteiger partial charge < -0.3 is 13.6 Å². The van der Waals surface area contributed by atoms with Crippen molar-refractivity contribution in [1.29, 1.82) is 0 Å². The van der Waals surface area contributed by atoms with Gasteiger partial charge >= 0.3 is 0 Å². The predicted molar refractivity (Wildman–Crippen MR) is 191 cm³/mol. The van der Waals surface area contributed by atoms with Gasteiger partial charge in [-0.2, -0.15) is 0 Å². The normalized spacial score (nSPS) is 16.3. The van der Waals surface area contributed by atoms with Gasteiger partial charge in [-0.25, -0.2) is 0 Å². The largest absolute Gasteiger partial charge is 0.456 e. The SMILES string of the molecule is CC1(c2ccc3oc4ccc(-n5c6ccccc6c6ccccc65)cc4c3c2)C=c2c(n(-c3ccccc3)c3ccccc23)=CC1. The molecule has 1 aliphatic rings. The third kappa shape index (κ3) is 3.54. The Morgan fingerprint density at radius 3 is 1.83 bits per heavy atom. The quantitative estimate of drug-likeness (QED) is 0.201. The van der Waals surface area contributed by atoms with Crippen LogP contribution in [0.2, 0.25) is 0 Å². The number of para-hydroxylation sites is 4. The molecule has 10 rings (SSSR count). The minimum Gasteiger partial charge on any atom is -0.456 e. The van der Waals surface area contributed by atoms with Gasteiger partial charge in [-0.3, -0.25) is 0 Å². The zero-order chi connectivity index (χ0) is 30.4. The Kier molecular flexibility index (Phi) is 5.19. The second-order valence-electron chi connectivity index (χ2n) is 12.8. The average molecular weight is 591 g/mol. The fraction of sp³-hybridized carbons (Fsp3) is 0.0698. The van der Waals surface area contributed by atoms with Crippen LogP contribution in [0.1, 0.15) is 18.9 Å². The monoisotopic (exact) mass is 590 g/mol. The van der Waals surface area contributed by atoms with Gasteiger partial charge in [-0.05, 0) is 72.6 Å². The standard InChI is InChI=1S/C43H30N2O/c1-43(24-23-40-36(27-43)33-15-7-10-18-39(33)44(40)29-11-3-2-4-12-29)28-19-21-41-34(25-28)35-26-30(20-22-42(35)46-41)45-37-16-8-5-13-31(37)32-14-6-9-17-38(32)45/h2-23,25-27H,24H2,1H3. The zero-order valence-corrected chi connectivity index (χ0v) is 25.4. The molecule has 46 heavy (non-hydrogen) atoms. The van der Waals surface area contributed by atoms with E-state index in [1.807, 2.05) is 0 Å². The van der Waals surface area contributed by atoms with Crippen LogP contribution in [0.5, 0.6) is 0 Å². The van der Waals surface area contributed by atoms with E-state index >= 15 is 0 Å². The third-order valence-corrected chi connectivity index (χ3v) is 10.1. The van der Waals surface area contributed by atoms with E-state index in [4.69, 9.17) is 4.42 Å². The second kappa shape index (κ2) is 9.35. The summed E-state index contributed by atoms with van der Waals surface area (Å²) < 4.78 is 11.2. The first-order valence-corrected chi connectivity index (χ1v) is 16.0. The molecule has 0 amide bonds. The van der Waals surface area contributed by atoms with Gasteiger partial charge in [0.05, 0.1) is 16.6 Å². The summed E-state index contributed by atoms with van der Waals surface area (Å²) in [6.45, 7) is 2.37. The summed E-state index contributed by atoms with van der Waals surface area (Å²) >= 11 is 0. The summed E-state index contributed by atoms with van der Waals surface area (Å²) in [5, 5.41) is 8.69.